The van der Waals surface area contributed by atoms with Gasteiger partial charge in [0.1, 0.15) is 5.82 Å². The fourth-order valence-corrected chi connectivity index (χ4v) is 1.29. The Labute approximate surface area is 85.8 Å². The van der Waals surface area contributed by atoms with Crippen LogP contribution in [0.25, 0.3) is 0 Å². The smallest absolute Gasteiger partial charge is 0.251 e. The molecule has 3 nitrogen and oxygen atoms in total. The Kier molecular flexibility index (Phi) is 2.58. The first kappa shape index (κ1) is 9.58. The summed E-state index contributed by atoms with van der Waals surface area (Å²) in [7, 11) is 0. The van der Waals surface area contributed by atoms with E-state index in [2.05, 4.69) is 4.98 Å². The van der Waals surface area contributed by atoms with Crippen molar-refractivity contribution in [2.75, 3.05) is 0 Å². The summed E-state index contributed by atoms with van der Waals surface area (Å²) in [6.45, 7) is 0.289. The molecular weight excluding hydrogens is 195 g/mol. The van der Waals surface area contributed by atoms with Gasteiger partial charge in [0.25, 0.3) is 5.56 Å². The number of rotatable bonds is 2. The van der Waals surface area contributed by atoms with Crippen molar-refractivity contribution in [3.8, 4) is 0 Å². The van der Waals surface area contributed by atoms with Crippen molar-refractivity contribution in [3.63, 3.8) is 0 Å². The Morgan fingerprint density at radius 3 is 2.87 bits per heavy atom. The summed E-state index contributed by atoms with van der Waals surface area (Å²) in [5.41, 5.74) is 0.493. The van der Waals surface area contributed by atoms with Crippen LogP contribution in [0.5, 0.6) is 0 Å². The highest BCUT2D eigenvalue weighted by Crippen LogP contribution is 1.98. The summed E-state index contributed by atoms with van der Waals surface area (Å²) >= 11 is 0. The molecule has 0 amide bonds. The van der Waals surface area contributed by atoms with Crippen molar-refractivity contribution < 1.29 is 4.39 Å². The molecule has 0 aromatic carbocycles. The van der Waals surface area contributed by atoms with Crippen LogP contribution in [-0.2, 0) is 6.54 Å². The summed E-state index contributed by atoms with van der Waals surface area (Å²) in [5, 5.41) is 0. The minimum absolute atomic E-state index is 0.234. The van der Waals surface area contributed by atoms with Crippen LogP contribution in [0, 0.1) is 5.82 Å². The zero-order valence-electron chi connectivity index (χ0n) is 7.93. The third-order valence-electron chi connectivity index (χ3n) is 2.01. The van der Waals surface area contributed by atoms with Gasteiger partial charge in [-0.15, -0.1) is 0 Å². The molecule has 0 aliphatic heterocycles. The highest BCUT2D eigenvalue weighted by Gasteiger charge is 1.99. The number of hydrogen-bond acceptors (Lipinski definition) is 2. The van der Waals surface area contributed by atoms with Gasteiger partial charge >= 0.3 is 0 Å². The Bertz CT molecular complexity index is 507. The number of pyridine rings is 2. The SMILES string of the molecule is O=c1ccc(F)cn1Cc1ccccn1. The topological polar surface area (TPSA) is 34.9 Å². The second-order valence-electron chi connectivity index (χ2n) is 3.13. The summed E-state index contributed by atoms with van der Waals surface area (Å²) in [5.74, 6) is -0.425. The van der Waals surface area contributed by atoms with E-state index < -0.39 is 5.82 Å². The van der Waals surface area contributed by atoms with Gasteiger partial charge in [0.05, 0.1) is 12.2 Å². The van der Waals surface area contributed by atoms with Gasteiger partial charge in [-0.05, 0) is 18.2 Å². The molecule has 0 aliphatic rings. The van der Waals surface area contributed by atoms with E-state index in [4.69, 9.17) is 0 Å². The molecule has 2 rings (SSSR count). The average molecular weight is 204 g/mol. The summed E-state index contributed by atoms with van der Waals surface area (Å²) in [6, 6.07) is 7.76. The molecule has 0 saturated carbocycles. The van der Waals surface area contributed by atoms with Gasteiger partial charge in [-0.2, -0.15) is 0 Å². The van der Waals surface area contributed by atoms with Crippen LogP contribution in [-0.4, -0.2) is 9.55 Å². The molecule has 76 valence electrons. The lowest BCUT2D eigenvalue weighted by Crippen LogP contribution is -2.19. The van der Waals surface area contributed by atoms with E-state index in [1.807, 2.05) is 6.07 Å². The average Bonchev–Trinajstić information content (AvgIpc) is 2.25. The van der Waals surface area contributed by atoms with Crippen LogP contribution >= 0.6 is 0 Å². The van der Waals surface area contributed by atoms with Crippen LogP contribution in [0.1, 0.15) is 5.69 Å². The maximum absolute atomic E-state index is 12.9. The van der Waals surface area contributed by atoms with Gasteiger partial charge in [0.2, 0.25) is 0 Å². The number of hydrogen-bond donors (Lipinski definition) is 0. The zero-order chi connectivity index (χ0) is 10.7. The van der Waals surface area contributed by atoms with Crippen LogP contribution in [0.2, 0.25) is 0 Å². The van der Waals surface area contributed by atoms with Crippen LogP contribution < -0.4 is 5.56 Å². The van der Waals surface area contributed by atoms with Gasteiger partial charge in [0, 0.05) is 18.5 Å². The number of nitrogens with zero attached hydrogens (tertiary/aromatic N) is 2. The molecule has 2 aromatic rings. The predicted molar refractivity (Wildman–Crippen MR) is 54.0 cm³/mol. The fourth-order valence-electron chi connectivity index (χ4n) is 1.29. The van der Waals surface area contributed by atoms with E-state index in [0.29, 0.717) is 0 Å². The quantitative estimate of drug-likeness (QED) is 0.741. The molecule has 0 N–H and O–H groups in total. The minimum atomic E-state index is -0.425. The monoisotopic (exact) mass is 204 g/mol. The lowest BCUT2D eigenvalue weighted by molar-refractivity contribution is 0.593. The number of aromatic nitrogens is 2. The van der Waals surface area contributed by atoms with E-state index in [0.717, 1.165) is 11.8 Å². The molecule has 15 heavy (non-hydrogen) atoms. The molecule has 2 heterocycles. The molecule has 0 aliphatic carbocycles. The highest BCUT2D eigenvalue weighted by atomic mass is 19.1. The molecule has 2 aromatic heterocycles. The minimum Gasteiger partial charge on any atom is -0.307 e. The lowest BCUT2D eigenvalue weighted by Gasteiger charge is -2.03. The zero-order valence-corrected chi connectivity index (χ0v) is 7.93. The van der Waals surface area contributed by atoms with E-state index in [1.165, 1.54) is 16.8 Å². The molecule has 0 radical (unpaired) electrons. The molecule has 0 fully saturated rings. The first-order chi connectivity index (χ1) is 7.25. The van der Waals surface area contributed by atoms with Crippen molar-refractivity contribution in [3.05, 3.63) is 64.6 Å². The lowest BCUT2D eigenvalue weighted by atomic mass is 10.3. The van der Waals surface area contributed by atoms with E-state index in [1.54, 1.807) is 18.3 Å². The predicted octanol–water partition coefficient (Wildman–Crippen LogP) is 1.43. The number of halogens is 1. The molecule has 0 bridgehead atoms. The molecule has 0 atom stereocenters. The van der Waals surface area contributed by atoms with Crippen LogP contribution in [0.3, 0.4) is 0 Å². The van der Waals surface area contributed by atoms with Gasteiger partial charge in [-0.1, -0.05) is 6.07 Å². The maximum Gasteiger partial charge on any atom is 0.251 e. The standard InChI is InChI=1S/C11H9FN2O/c12-9-4-5-11(15)14(7-9)8-10-3-1-2-6-13-10/h1-7H,8H2. The Hall–Kier alpha value is -1.97. The summed E-state index contributed by atoms with van der Waals surface area (Å²) in [6.07, 6.45) is 2.82. The second kappa shape index (κ2) is 4.04. The second-order valence-corrected chi connectivity index (χ2v) is 3.13. The third-order valence-corrected chi connectivity index (χ3v) is 2.01. The van der Waals surface area contributed by atoms with E-state index >= 15 is 0 Å². The molecule has 0 saturated heterocycles. The summed E-state index contributed by atoms with van der Waals surface area (Å²) < 4.78 is 14.2. The molecule has 0 unspecified atom stereocenters. The largest absolute Gasteiger partial charge is 0.307 e. The Morgan fingerprint density at radius 2 is 2.13 bits per heavy atom. The third kappa shape index (κ3) is 2.28. The molecular formula is C11H9FN2O. The van der Waals surface area contributed by atoms with Gasteiger partial charge < -0.3 is 4.57 Å². The van der Waals surface area contributed by atoms with E-state index in [9.17, 15) is 9.18 Å². The highest BCUT2D eigenvalue weighted by molar-refractivity contribution is 5.06. The summed E-state index contributed by atoms with van der Waals surface area (Å²) in [4.78, 5) is 15.4. The van der Waals surface area contributed by atoms with Crippen molar-refractivity contribution >= 4 is 0 Å². The van der Waals surface area contributed by atoms with Gasteiger partial charge in [0.15, 0.2) is 0 Å². The van der Waals surface area contributed by atoms with Crippen LogP contribution in [0.4, 0.5) is 4.39 Å². The fraction of sp³-hybridized carbons (Fsp3) is 0.0909. The Balaban J connectivity index is 2.32. The van der Waals surface area contributed by atoms with Crippen molar-refractivity contribution in [1.82, 2.24) is 9.55 Å². The van der Waals surface area contributed by atoms with E-state index in [-0.39, 0.29) is 12.1 Å². The van der Waals surface area contributed by atoms with Crippen molar-refractivity contribution in [2.45, 2.75) is 6.54 Å². The Morgan fingerprint density at radius 1 is 1.27 bits per heavy atom. The molecule has 4 heteroatoms. The van der Waals surface area contributed by atoms with Gasteiger partial charge in [-0.3, -0.25) is 9.78 Å². The van der Waals surface area contributed by atoms with Crippen LogP contribution in [0.15, 0.2) is 47.5 Å². The normalized spacial score (nSPS) is 10.2. The van der Waals surface area contributed by atoms with Crippen molar-refractivity contribution in [1.29, 1.82) is 0 Å². The molecule has 0 spiro atoms. The maximum atomic E-state index is 12.9. The van der Waals surface area contributed by atoms with Gasteiger partial charge in [-0.25, -0.2) is 4.39 Å². The first-order valence-electron chi connectivity index (χ1n) is 4.51. The van der Waals surface area contributed by atoms with Crippen molar-refractivity contribution in [2.24, 2.45) is 0 Å². The first-order valence-corrected chi connectivity index (χ1v) is 4.51.